The first-order valence-electron chi connectivity index (χ1n) is 4.60. The van der Waals surface area contributed by atoms with E-state index in [1.54, 1.807) is 12.6 Å². The number of aliphatic hydroxyl groups excluding tert-OH is 1. The van der Waals surface area contributed by atoms with Crippen molar-refractivity contribution in [3.63, 3.8) is 0 Å². The number of nitrogens with zero attached hydrogens (tertiary/aromatic N) is 1. The predicted octanol–water partition coefficient (Wildman–Crippen LogP) is -0.670. The van der Waals surface area contributed by atoms with E-state index in [1.807, 2.05) is 0 Å². The first-order chi connectivity index (χ1) is 8.10. The minimum atomic E-state index is 0. The molecule has 0 heterocycles. The van der Waals surface area contributed by atoms with Crippen LogP contribution >= 0.6 is 0 Å². The molecule has 0 fully saturated rings. The van der Waals surface area contributed by atoms with Crippen LogP contribution in [-0.4, -0.2) is 64.3 Å². The molecular weight excluding hydrogens is 256 g/mol. The Morgan fingerprint density at radius 1 is 1.11 bits per heavy atom. The van der Waals surface area contributed by atoms with Crippen LogP contribution in [0.3, 0.4) is 0 Å². The maximum Gasteiger partial charge on any atom is 0.188 e. The molecule has 0 spiro atoms. The molecule has 19 heavy (non-hydrogen) atoms. The summed E-state index contributed by atoms with van der Waals surface area (Å²) >= 11 is 0. The summed E-state index contributed by atoms with van der Waals surface area (Å²) in [6.07, 6.45) is 0. The average molecular weight is 288 g/mol. The van der Waals surface area contributed by atoms with Crippen molar-refractivity contribution in [2.45, 2.75) is 14.9 Å². The van der Waals surface area contributed by atoms with Gasteiger partial charge in [0.25, 0.3) is 0 Å². The summed E-state index contributed by atoms with van der Waals surface area (Å²) in [6.45, 7) is 0.999. The number of aliphatic hydroxyl groups is 1. The van der Waals surface area contributed by atoms with Gasteiger partial charge < -0.3 is 36.0 Å². The number of hydrogen-bond acceptors (Lipinski definition) is 7. The van der Waals surface area contributed by atoms with Crippen LogP contribution in [0.2, 0.25) is 0 Å². The molecule has 0 unspecified atom stereocenters. The van der Waals surface area contributed by atoms with Crippen molar-refractivity contribution in [2.24, 2.45) is 16.5 Å². The number of guanidine groups is 1. The summed E-state index contributed by atoms with van der Waals surface area (Å²) in [5.41, 5.74) is 11.6. The lowest BCUT2D eigenvalue weighted by molar-refractivity contribution is 0.0499. The Labute approximate surface area is 116 Å². The standard InChI is InChI=1S/C3H9N3O.C3H8O2.C2H7NO2.2CH4/c1-7-2-6-3(4)5;1-5-3-2-4;1-5-2-3-4;;/h2H2,1H3,(H4,4,5,6);4H,2-3H2,1H3;3-4H,2H2,1H3;2*1H4. The van der Waals surface area contributed by atoms with Gasteiger partial charge in [0.15, 0.2) is 5.96 Å². The highest BCUT2D eigenvalue weighted by Gasteiger charge is 1.73. The number of aliphatic imine (C=N–C) groups is 1. The molecule has 0 rings (SSSR count). The summed E-state index contributed by atoms with van der Waals surface area (Å²) in [5.74, 6) is 0.0573. The van der Waals surface area contributed by atoms with E-state index in [9.17, 15) is 0 Å². The molecule has 0 saturated heterocycles. The second-order valence-electron chi connectivity index (χ2n) is 2.31. The number of ether oxygens (including phenoxy) is 3. The number of nitrogens with one attached hydrogen (secondary N) is 1. The first kappa shape index (κ1) is 30.8. The van der Waals surface area contributed by atoms with E-state index >= 15 is 0 Å². The molecule has 0 aliphatic rings. The number of nitrogens with two attached hydrogens (primary N) is 2. The minimum Gasteiger partial charge on any atom is -0.394 e. The summed E-state index contributed by atoms with van der Waals surface area (Å²) in [4.78, 5) is 3.49. The van der Waals surface area contributed by atoms with E-state index < -0.39 is 0 Å². The maximum absolute atomic E-state index is 7.94. The molecule has 122 valence electrons. The van der Waals surface area contributed by atoms with Gasteiger partial charge in [0.05, 0.1) is 13.2 Å². The molecule has 9 heteroatoms. The van der Waals surface area contributed by atoms with Gasteiger partial charge in [-0.25, -0.2) is 4.99 Å². The SMILES string of the molecule is C.C.COCCO.COCN=C(N)N.COCNO. The van der Waals surface area contributed by atoms with Gasteiger partial charge in [-0.15, -0.1) is 0 Å². The molecule has 0 aromatic heterocycles. The highest BCUT2D eigenvalue weighted by Crippen LogP contribution is 1.64. The number of hydrogen-bond donors (Lipinski definition) is 5. The highest BCUT2D eigenvalue weighted by atomic mass is 16.5. The zero-order valence-electron chi connectivity index (χ0n) is 10.5. The Morgan fingerprint density at radius 3 is 1.68 bits per heavy atom. The van der Waals surface area contributed by atoms with Crippen LogP contribution < -0.4 is 16.9 Å². The molecular formula is C10H32N4O5. The Hall–Kier alpha value is -0.970. The van der Waals surface area contributed by atoms with Crippen LogP contribution in [0.5, 0.6) is 0 Å². The van der Waals surface area contributed by atoms with E-state index in [2.05, 4.69) is 19.2 Å². The fourth-order valence-electron chi connectivity index (χ4n) is 0.295. The number of rotatable bonds is 6. The summed E-state index contributed by atoms with van der Waals surface area (Å²) in [7, 11) is 4.56. The van der Waals surface area contributed by atoms with Crippen LogP contribution in [0.1, 0.15) is 14.9 Å². The molecule has 7 N–H and O–H groups in total. The molecule has 0 saturated carbocycles. The summed E-state index contributed by atoms with van der Waals surface area (Å²) in [6, 6.07) is 0. The Morgan fingerprint density at radius 2 is 1.63 bits per heavy atom. The molecule has 0 aromatic rings. The van der Waals surface area contributed by atoms with E-state index in [0.717, 1.165) is 0 Å². The largest absolute Gasteiger partial charge is 0.394 e. The van der Waals surface area contributed by atoms with E-state index in [4.69, 9.17) is 21.8 Å². The van der Waals surface area contributed by atoms with Gasteiger partial charge in [0.2, 0.25) is 0 Å². The monoisotopic (exact) mass is 288 g/mol. The molecule has 0 aliphatic carbocycles. The first-order valence-corrected chi connectivity index (χ1v) is 4.60. The van der Waals surface area contributed by atoms with E-state index in [1.165, 1.54) is 14.2 Å². The van der Waals surface area contributed by atoms with Crippen LogP contribution in [-0.2, 0) is 14.2 Å². The summed E-state index contributed by atoms with van der Waals surface area (Å²) in [5, 5.41) is 15.6. The zero-order chi connectivity index (χ0) is 13.9. The second kappa shape index (κ2) is 36.0. The average Bonchev–Trinajstić information content (AvgIpc) is 2.30. The van der Waals surface area contributed by atoms with Gasteiger partial charge in [0.1, 0.15) is 13.5 Å². The lowest BCUT2D eigenvalue weighted by Gasteiger charge is -1.88. The van der Waals surface area contributed by atoms with Gasteiger partial charge >= 0.3 is 0 Å². The van der Waals surface area contributed by atoms with Gasteiger partial charge in [-0.3, -0.25) is 0 Å². The minimum absolute atomic E-state index is 0. The van der Waals surface area contributed by atoms with Crippen molar-refractivity contribution in [1.29, 1.82) is 0 Å². The molecule has 0 atom stereocenters. The molecule has 0 amide bonds. The Bertz CT molecular complexity index is 136. The predicted molar refractivity (Wildman–Crippen MR) is 76.9 cm³/mol. The van der Waals surface area contributed by atoms with Crippen molar-refractivity contribution < 1.29 is 24.5 Å². The Balaban J connectivity index is -0.0000000500. The third-order valence-corrected chi connectivity index (χ3v) is 0.881. The van der Waals surface area contributed by atoms with Crippen LogP contribution in [0.15, 0.2) is 4.99 Å². The molecule has 0 aliphatic heterocycles. The number of hydroxylamine groups is 1. The molecule has 0 radical (unpaired) electrons. The second-order valence-corrected chi connectivity index (χ2v) is 2.31. The lowest BCUT2D eigenvalue weighted by atomic mass is 10.8. The van der Waals surface area contributed by atoms with Crippen molar-refractivity contribution in [3.8, 4) is 0 Å². The van der Waals surface area contributed by atoms with Gasteiger partial charge in [-0.1, -0.05) is 14.9 Å². The zero-order valence-corrected chi connectivity index (χ0v) is 10.5. The van der Waals surface area contributed by atoms with Gasteiger partial charge in [-0.05, 0) is 0 Å². The number of methoxy groups -OCH3 is 3. The molecule has 0 aromatic carbocycles. The summed E-state index contributed by atoms with van der Waals surface area (Å²) < 4.78 is 13.3. The van der Waals surface area contributed by atoms with Gasteiger partial charge in [0, 0.05) is 21.3 Å². The molecule has 9 nitrogen and oxygen atoms in total. The fourth-order valence-corrected chi connectivity index (χ4v) is 0.295. The van der Waals surface area contributed by atoms with Crippen molar-refractivity contribution in [1.82, 2.24) is 5.48 Å². The van der Waals surface area contributed by atoms with Gasteiger partial charge in [-0.2, -0.15) is 5.48 Å². The van der Waals surface area contributed by atoms with Crippen molar-refractivity contribution in [2.75, 3.05) is 48.0 Å². The van der Waals surface area contributed by atoms with Crippen LogP contribution in [0.25, 0.3) is 0 Å². The normalized spacial score (nSPS) is 7.42. The van der Waals surface area contributed by atoms with Crippen LogP contribution in [0, 0.1) is 0 Å². The topological polar surface area (TPSA) is 145 Å². The van der Waals surface area contributed by atoms with Crippen LogP contribution in [0.4, 0.5) is 0 Å². The van der Waals surface area contributed by atoms with E-state index in [-0.39, 0.29) is 40.9 Å². The smallest absolute Gasteiger partial charge is 0.188 e. The Kier molecular flexibility index (Phi) is 58.3. The quantitative estimate of drug-likeness (QED) is 0.187. The lowest BCUT2D eigenvalue weighted by Crippen LogP contribution is -2.23. The van der Waals surface area contributed by atoms with Crippen molar-refractivity contribution >= 4 is 5.96 Å². The third kappa shape index (κ3) is 77.8. The van der Waals surface area contributed by atoms with E-state index in [0.29, 0.717) is 6.61 Å². The van der Waals surface area contributed by atoms with Crippen molar-refractivity contribution in [3.05, 3.63) is 0 Å². The highest BCUT2D eigenvalue weighted by molar-refractivity contribution is 5.75. The third-order valence-electron chi connectivity index (χ3n) is 0.881. The fraction of sp³-hybridized carbons (Fsp3) is 0.900. The maximum atomic E-state index is 7.94. The molecule has 0 bridgehead atoms.